The van der Waals surface area contributed by atoms with Crippen molar-refractivity contribution in [2.24, 2.45) is 35.5 Å². The van der Waals surface area contributed by atoms with Gasteiger partial charge in [-0.1, -0.05) is 39.8 Å². The quantitative estimate of drug-likeness (QED) is 0.416. The van der Waals surface area contributed by atoms with Crippen LogP contribution in [0, 0.1) is 46.8 Å². The van der Waals surface area contributed by atoms with Crippen molar-refractivity contribution < 1.29 is 34.8 Å². The lowest BCUT2D eigenvalue weighted by molar-refractivity contribution is -0.159. The van der Waals surface area contributed by atoms with Crippen LogP contribution in [0.1, 0.15) is 72.6 Å². The van der Waals surface area contributed by atoms with Gasteiger partial charge in [0.2, 0.25) is 0 Å². The van der Waals surface area contributed by atoms with Gasteiger partial charge in [0.05, 0.1) is 42.3 Å². The zero-order valence-corrected chi connectivity index (χ0v) is 21.9. The Balaban J connectivity index is 2.33. The van der Waals surface area contributed by atoms with Gasteiger partial charge in [0.15, 0.2) is 0 Å². The maximum absolute atomic E-state index is 12.8. The van der Waals surface area contributed by atoms with Crippen molar-refractivity contribution in [2.45, 2.75) is 97.1 Å². The number of hydrogen-bond acceptors (Lipinski definition) is 7. The SMILES string of the molecule is C[C@@H]1C[C@H](C)C[C@H](C)[C@@H](O)CC(=O)O[C@H]([C@@H]2C[C@@H](O)C[C@H]2C(=O)O)C/C=C\C=C(\C#N)[C@H](O)[C@@H](C)C1. The monoisotopic (exact) mass is 505 g/mol. The summed E-state index contributed by atoms with van der Waals surface area (Å²) in [5.74, 6) is -2.69. The molecule has 0 spiro atoms. The molecule has 0 aromatic carbocycles. The molecule has 36 heavy (non-hydrogen) atoms. The van der Waals surface area contributed by atoms with Gasteiger partial charge < -0.3 is 25.2 Å². The van der Waals surface area contributed by atoms with Crippen LogP contribution < -0.4 is 0 Å². The Hall–Kier alpha value is -2.21. The van der Waals surface area contributed by atoms with Crippen LogP contribution in [-0.4, -0.2) is 56.8 Å². The fourth-order valence-electron chi connectivity index (χ4n) is 5.96. The molecule has 0 aromatic heterocycles. The minimum Gasteiger partial charge on any atom is -0.481 e. The maximum atomic E-state index is 12.8. The highest BCUT2D eigenvalue weighted by atomic mass is 16.5. The third-order valence-electron chi connectivity index (χ3n) is 7.82. The van der Waals surface area contributed by atoms with Crippen molar-refractivity contribution in [2.75, 3.05) is 0 Å². The summed E-state index contributed by atoms with van der Waals surface area (Å²) in [6, 6.07) is 2.08. The van der Waals surface area contributed by atoms with Crippen molar-refractivity contribution in [3.8, 4) is 6.07 Å². The van der Waals surface area contributed by atoms with E-state index < -0.39 is 48.2 Å². The lowest BCUT2D eigenvalue weighted by Gasteiger charge is -2.28. The van der Waals surface area contributed by atoms with Gasteiger partial charge in [0.25, 0.3) is 0 Å². The zero-order valence-electron chi connectivity index (χ0n) is 21.9. The van der Waals surface area contributed by atoms with E-state index in [4.69, 9.17) is 4.74 Å². The number of cyclic esters (lactones) is 1. The average molecular weight is 506 g/mol. The molecule has 1 aliphatic carbocycles. The summed E-state index contributed by atoms with van der Waals surface area (Å²) < 4.78 is 5.70. The van der Waals surface area contributed by atoms with Gasteiger partial charge in [-0.2, -0.15) is 5.26 Å². The van der Waals surface area contributed by atoms with Crippen LogP contribution in [0.3, 0.4) is 0 Å². The van der Waals surface area contributed by atoms with E-state index in [1.165, 1.54) is 0 Å². The van der Waals surface area contributed by atoms with E-state index in [1.807, 2.05) is 13.8 Å². The van der Waals surface area contributed by atoms with E-state index in [0.29, 0.717) is 11.8 Å². The molecule has 2 rings (SSSR count). The van der Waals surface area contributed by atoms with Crippen molar-refractivity contribution in [3.63, 3.8) is 0 Å². The molecule has 2 aliphatic rings. The van der Waals surface area contributed by atoms with E-state index in [9.17, 15) is 35.3 Å². The van der Waals surface area contributed by atoms with Gasteiger partial charge in [0.1, 0.15) is 6.10 Å². The molecular weight excluding hydrogens is 462 g/mol. The molecule has 0 aromatic rings. The molecule has 0 amide bonds. The van der Waals surface area contributed by atoms with Crippen LogP contribution >= 0.6 is 0 Å². The molecule has 10 atom stereocenters. The van der Waals surface area contributed by atoms with E-state index >= 15 is 0 Å². The number of hydrogen-bond donors (Lipinski definition) is 4. The van der Waals surface area contributed by atoms with Gasteiger partial charge in [-0.25, -0.2) is 0 Å². The van der Waals surface area contributed by atoms with Crippen LogP contribution in [0.15, 0.2) is 23.8 Å². The predicted molar refractivity (Wildman–Crippen MR) is 134 cm³/mol. The number of ether oxygens (including phenoxy) is 1. The smallest absolute Gasteiger partial charge is 0.308 e. The Morgan fingerprint density at radius 3 is 2.25 bits per heavy atom. The van der Waals surface area contributed by atoms with E-state index in [1.54, 1.807) is 18.2 Å². The lowest BCUT2D eigenvalue weighted by Crippen LogP contribution is -2.34. The second kappa shape index (κ2) is 13.9. The Labute approximate surface area is 214 Å². The molecule has 8 nitrogen and oxygen atoms in total. The number of carbonyl (C=O) groups excluding carboxylic acids is 1. The molecule has 0 radical (unpaired) electrons. The largest absolute Gasteiger partial charge is 0.481 e. The minimum atomic E-state index is -1.04. The molecule has 1 heterocycles. The number of aliphatic carboxylic acids is 1. The number of nitriles is 1. The highest BCUT2D eigenvalue weighted by molar-refractivity contribution is 5.72. The number of esters is 1. The number of carbonyl (C=O) groups is 2. The second-order valence-corrected chi connectivity index (χ2v) is 11.2. The standard InChI is InChI=1S/C28H43NO7/c1-16-9-17(2)11-19(4)27(33)20(15-29)7-5-6-8-25(22-12-21(30)13-23(22)28(34)35)36-26(32)14-24(31)18(3)10-16/h5-7,16-19,21-25,27,30-31,33H,8-14H2,1-4H3,(H,34,35)/b6-5-,20-7-/t16-,17+,18-,19-,21+,22+,23+,24-,25-,27+/m0/s1. The molecule has 4 N–H and O–H groups in total. The van der Waals surface area contributed by atoms with E-state index in [2.05, 4.69) is 19.9 Å². The number of aliphatic hydroxyl groups excluding tert-OH is 3. The minimum absolute atomic E-state index is 0.0936. The number of carboxylic acids is 1. The number of allylic oxidation sites excluding steroid dienone is 2. The third kappa shape index (κ3) is 8.72. The van der Waals surface area contributed by atoms with Crippen LogP contribution in [0.25, 0.3) is 0 Å². The summed E-state index contributed by atoms with van der Waals surface area (Å²) in [6.07, 6.45) is 4.14. The summed E-state index contributed by atoms with van der Waals surface area (Å²) in [5, 5.41) is 50.8. The Bertz CT molecular complexity index is 847. The molecule has 8 heteroatoms. The van der Waals surface area contributed by atoms with Crippen LogP contribution in [0.4, 0.5) is 0 Å². The van der Waals surface area contributed by atoms with Crippen LogP contribution in [-0.2, 0) is 14.3 Å². The Kier molecular flexibility index (Phi) is 11.6. The number of nitrogens with zero attached hydrogens (tertiary/aromatic N) is 1. The first-order valence-corrected chi connectivity index (χ1v) is 13.2. The van der Waals surface area contributed by atoms with Crippen LogP contribution in [0.2, 0.25) is 0 Å². The molecule has 0 bridgehead atoms. The van der Waals surface area contributed by atoms with E-state index in [0.717, 1.165) is 19.3 Å². The summed E-state index contributed by atoms with van der Waals surface area (Å²) in [4.78, 5) is 24.6. The van der Waals surface area contributed by atoms with Crippen molar-refractivity contribution in [1.82, 2.24) is 0 Å². The molecule has 202 valence electrons. The first-order chi connectivity index (χ1) is 16.9. The van der Waals surface area contributed by atoms with Crippen molar-refractivity contribution in [1.29, 1.82) is 5.26 Å². The average Bonchev–Trinajstić information content (AvgIpc) is 3.18. The zero-order chi connectivity index (χ0) is 27.0. The number of carboxylic acid groups (broad SMARTS) is 1. The highest BCUT2D eigenvalue weighted by Crippen LogP contribution is 2.37. The van der Waals surface area contributed by atoms with Gasteiger partial charge >= 0.3 is 11.9 Å². The molecule has 0 unspecified atom stereocenters. The maximum Gasteiger partial charge on any atom is 0.308 e. The topological polar surface area (TPSA) is 148 Å². The van der Waals surface area contributed by atoms with Gasteiger partial charge in [-0.05, 0) is 61.9 Å². The Morgan fingerprint density at radius 2 is 1.64 bits per heavy atom. The fourth-order valence-corrected chi connectivity index (χ4v) is 5.96. The first-order valence-electron chi connectivity index (χ1n) is 13.2. The third-order valence-corrected chi connectivity index (χ3v) is 7.82. The molecular formula is C28H43NO7. The summed E-state index contributed by atoms with van der Waals surface area (Å²) >= 11 is 0. The highest BCUT2D eigenvalue weighted by Gasteiger charge is 2.43. The van der Waals surface area contributed by atoms with Crippen molar-refractivity contribution in [3.05, 3.63) is 23.8 Å². The Morgan fingerprint density at radius 1 is 1.00 bits per heavy atom. The van der Waals surface area contributed by atoms with Crippen LogP contribution in [0.5, 0.6) is 0 Å². The van der Waals surface area contributed by atoms with Gasteiger partial charge in [-0.3, -0.25) is 9.59 Å². The summed E-state index contributed by atoms with van der Waals surface area (Å²) in [5.41, 5.74) is 0.241. The van der Waals surface area contributed by atoms with Gasteiger partial charge in [-0.15, -0.1) is 0 Å². The molecule has 0 saturated heterocycles. The number of rotatable bonds is 2. The summed E-state index contributed by atoms with van der Waals surface area (Å²) in [6.45, 7) is 8.06. The molecule has 1 aliphatic heterocycles. The van der Waals surface area contributed by atoms with Crippen molar-refractivity contribution >= 4 is 11.9 Å². The molecule has 1 saturated carbocycles. The second-order valence-electron chi connectivity index (χ2n) is 11.2. The first kappa shape index (κ1) is 30.0. The van der Waals surface area contributed by atoms with E-state index in [-0.39, 0.29) is 43.1 Å². The molecule has 1 fully saturated rings. The normalized spacial score (nSPS) is 42.2. The number of aliphatic hydroxyl groups is 3. The lowest BCUT2D eigenvalue weighted by atomic mass is 9.82. The predicted octanol–water partition coefficient (Wildman–Crippen LogP) is 3.61. The summed E-state index contributed by atoms with van der Waals surface area (Å²) in [7, 11) is 0. The van der Waals surface area contributed by atoms with Gasteiger partial charge in [0, 0.05) is 12.3 Å². The fraction of sp³-hybridized carbons (Fsp3) is 0.750.